The summed E-state index contributed by atoms with van der Waals surface area (Å²) in [5.74, 6) is 0. The Labute approximate surface area is 77.1 Å². The van der Waals surface area contributed by atoms with Crippen LogP contribution in [0.5, 0.6) is 0 Å². The van der Waals surface area contributed by atoms with E-state index in [1.54, 1.807) is 0 Å². The van der Waals surface area contributed by atoms with Crippen LogP contribution in [0.4, 0.5) is 0 Å². The lowest BCUT2D eigenvalue weighted by Gasteiger charge is -2.29. The molecule has 0 fully saturated rings. The van der Waals surface area contributed by atoms with E-state index in [-0.39, 0.29) is 5.54 Å². The summed E-state index contributed by atoms with van der Waals surface area (Å²) in [5.41, 5.74) is 0.212. The second kappa shape index (κ2) is 5.55. The van der Waals surface area contributed by atoms with Gasteiger partial charge in [-0.3, -0.25) is 0 Å². The highest BCUT2D eigenvalue weighted by molar-refractivity contribution is 4.81. The smallest absolute Gasteiger partial charge is 0.0251 e. The fourth-order valence-electron chi connectivity index (χ4n) is 1.41. The first-order valence-corrected chi connectivity index (χ1v) is 4.96. The minimum atomic E-state index is 0.212. The summed E-state index contributed by atoms with van der Waals surface area (Å²) in [7, 11) is 0. The van der Waals surface area contributed by atoms with Crippen molar-refractivity contribution in [1.29, 1.82) is 0 Å². The summed E-state index contributed by atoms with van der Waals surface area (Å²) in [6.07, 6.45) is 1.21. The molecule has 0 heterocycles. The highest BCUT2D eigenvalue weighted by atomic mass is 15.0. The van der Waals surface area contributed by atoms with Gasteiger partial charge >= 0.3 is 0 Å². The first-order valence-electron chi connectivity index (χ1n) is 4.96. The van der Waals surface area contributed by atoms with Crippen molar-refractivity contribution in [3.8, 4) is 0 Å². The molecule has 0 saturated carbocycles. The Morgan fingerprint density at radius 1 is 1.25 bits per heavy atom. The molecular formula is C10H24N2. The van der Waals surface area contributed by atoms with Crippen molar-refractivity contribution >= 4 is 0 Å². The van der Waals surface area contributed by atoms with Gasteiger partial charge in [-0.1, -0.05) is 20.8 Å². The Morgan fingerprint density at radius 2 is 1.83 bits per heavy atom. The van der Waals surface area contributed by atoms with Gasteiger partial charge in [0.25, 0.3) is 0 Å². The van der Waals surface area contributed by atoms with Gasteiger partial charge in [-0.2, -0.15) is 0 Å². The summed E-state index contributed by atoms with van der Waals surface area (Å²) in [4.78, 5) is 0. The highest BCUT2D eigenvalue weighted by Crippen LogP contribution is 2.01. The summed E-state index contributed by atoms with van der Waals surface area (Å²) in [6, 6.07) is 0.559. The molecule has 0 aliphatic heterocycles. The van der Waals surface area contributed by atoms with Crippen LogP contribution in [0.1, 0.15) is 41.0 Å². The summed E-state index contributed by atoms with van der Waals surface area (Å²) in [5, 5.41) is 6.93. The molecule has 0 aromatic carbocycles. The molecule has 0 aliphatic rings. The molecule has 74 valence electrons. The molecule has 0 saturated heterocycles. The van der Waals surface area contributed by atoms with E-state index in [2.05, 4.69) is 45.3 Å². The van der Waals surface area contributed by atoms with Crippen LogP contribution in [0.15, 0.2) is 0 Å². The molecule has 0 spiro atoms. The first kappa shape index (κ1) is 11.9. The lowest BCUT2D eigenvalue weighted by atomic mass is 10.0. The predicted octanol–water partition coefficient (Wildman–Crippen LogP) is 1.76. The van der Waals surface area contributed by atoms with E-state index in [4.69, 9.17) is 0 Å². The van der Waals surface area contributed by atoms with E-state index in [9.17, 15) is 0 Å². The zero-order valence-electron chi connectivity index (χ0n) is 9.20. The third kappa shape index (κ3) is 6.62. The molecule has 0 unspecified atom stereocenters. The highest BCUT2D eigenvalue weighted by Gasteiger charge is 2.16. The molecule has 12 heavy (non-hydrogen) atoms. The number of rotatable bonds is 6. The third-order valence-corrected chi connectivity index (χ3v) is 1.67. The minimum absolute atomic E-state index is 0.212. The van der Waals surface area contributed by atoms with Gasteiger partial charge in [0, 0.05) is 18.1 Å². The fourth-order valence-corrected chi connectivity index (χ4v) is 1.41. The van der Waals surface area contributed by atoms with Crippen LogP contribution in [0.3, 0.4) is 0 Å². The Bertz CT molecular complexity index is 108. The molecule has 0 bridgehead atoms. The molecule has 0 aliphatic carbocycles. The van der Waals surface area contributed by atoms with Gasteiger partial charge in [-0.05, 0) is 26.8 Å². The second-order valence-corrected chi connectivity index (χ2v) is 4.36. The molecule has 2 heteroatoms. The minimum Gasteiger partial charge on any atom is -0.315 e. The van der Waals surface area contributed by atoms with E-state index in [1.807, 2.05) is 0 Å². The van der Waals surface area contributed by atoms with Gasteiger partial charge in [0.05, 0.1) is 0 Å². The Hall–Kier alpha value is -0.0800. The SMILES string of the molecule is CCCNCC(C)(C)NC(C)C. The third-order valence-electron chi connectivity index (χ3n) is 1.67. The maximum atomic E-state index is 3.52. The summed E-state index contributed by atoms with van der Waals surface area (Å²) >= 11 is 0. The zero-order valence-corrected chi connectivity index (χ0v) is 9.20. The van der Waals surface area contributed by atoms with Crippen LogP contribution in [0.25, 0.3) is 0 Å². The summed E-state index contributed by atoms with van der Waals surface area (Å²) in [6.45, 7) is 13.2. The van der Waals surface area contributed by atoms with Crippen molar-refractivity contribution in [3.05, 3.63) is 0 Å². The number of hydrogen-bond donors (Lipinski definition) is 2. The molecule has 0 radical (unpaired) electrons. The van der Waals surface area contributed by atoms with Gasteiger partial charge in [0.1, 0.15) is 0 Å². The van der Waals surface area contributed by atoms with E-state index >= 15 is 0 Å². The van der Waals surface area contributed by atoms with Crippen molar-refractivity contribution in [1.82, 2.24) is 10.6 Å². The van der Waals surface area contributed by atoms with Crippen molar-refractivity contribution < 1.29 is 0 Å². The average molecular weight is 172 g/mol. The van der Waals surface area contributed by atoms with Crippen LogP contribution >= 0.6 is 0 Å². The molecular weight excluding hydrogens is 148 g/mol. The molecule has 0 aromatic rings. The van der Waals surface area contributed by atoms with Gasteiger partial charge in [-0.25, -0.2) is 0 Å². The maximum Gasteiger partial charge on any atom is 0.0251 e. The number of nitrogens with one attached hydrogen (secondary N) is 2. The lowest BCUT2D eigenvalue weighted by molar-refractivity contribution is 0.337. The predicted molar refractivity (Wildman–Crippen MR) is 55.5 cm³/mol. The van der Waals surface area contributed by atoms with Crippen molar-refractivity contribution in [2.45, 2.75) is 52.6 Å². The van der Waals surface area contributed by atoms with Crippen LogP contribution < -0.4 is 10.6 Å². The topological polar surface area (TPSA) is 24.1 Å². The molecule has 2 N–H and O–H groups in total. The van der Waals surface area contributed by atoms with Crippen molar-refractivity contribution in [2.75, 3.05) is 13.1 Å². The van der Waals surface area contributed by atoms with Crippen LogP contribution in [-0.4, -0.2) is 24.7 Å². The molecule has 0 amide bonds. The summed E-state index contributed by atoms with van der Waals surface area (Å²) < 4.78 is 0. The van der Waals surface area contributed by atoms with Crippen LogP contribution in [-0.2, 0) is 0 Å². The monoisotopic (exact) mass is 172 g/mol. The Kier molecular flexibility index (Phi) is 5.51. The maximum absolute atomic E-state index is 3.52. The molecule has 0 aromatic heterocycles. The quantitative estimate of drug-likeness (QED) is 0.597. The normalized spacial score (nSPS) is 12.5. The standard InChI is InChI=1S/C10H24N2/c1-6-7-11-8-10(4,5)12-9(2)3/h9,11-12H,6-8H2,1-5H3. The van der Waals surface area contributed by atoms with E-state index in [0.29, 0.717) is 6.04 Å². The second-order valence-electron chi connectivity index (χ2n) is 4.36. The van der Waals surface area contributed by atoms with Crippen molar-refractivity contribution in [2.24, 2.45) is 0 Å². The van der Waals surface area contributed by atoms with Crippen LogP contribution in [0, 0.1) is 0 Å². The zero-order chi connectivity index (χ0) is 9.61. The molecule has 0 rings (SSSR count). The van der Waals surface area contributed by atoms with E-state index < -0.39 is 0 Å². The van der Waals surface area contributed by atoms with Gasteiger partial charge < -0.3 is 10.6 Å². The van der Waals surface area contributed by atoms with Crippen molar-refractivity contribution in [3.63, 3.8) is 0 Å². The molecule has 2 nitrogen and oxygen atoms in total. The number of hydrogen-bond acceptors (Lipinski definition) is 2. The molecule has 0 atom stereocenters. The first-order chi connectivity index (χ1) is 5.48. The average Bonchev–Trinajstić information content (AvgIpc) is 1.84. The lowest BCUT2D eigenvalue weighted by Crippen LogP contribution is -2.50. The van der Waals surface area contributed by atoms with Gasteiger partial charge in [0.15, 0.2) is 0 Å². The fraction of sp³-hybridized carbons (Fsp3) is 1.00. The van der Waals surface area contributed by atoms with Gasteiger partial charge in [0.2, 0.25) is 0 Å². The van der Waals surface area contributed by atoms with E-state index in [1.165, 1.54) is 6.42 Å². The van der Waals surface area contributed by atoms with Crippen LogP contribution in [0.2, 0.25) is 0 Å². The largest absolute Gasteiger partial charge is 0.315 e. The van der Waals surface area contributed by atoms with Gasteiger partial charge in [-0.15, -0.1) is 0 Å². The Morgan fingerprint density at radius 3 is 2.25 bits per heavy atom. The van der Waals surface area contributed by atoms with E-state index in [0.717, 1.165) is 13.1 Å². The Balaban J connectivity index is 3.56.